The summed E-state index contributed by atoms with van der Waals surface area (Å²) in [5, 5.41) is 5.22. The second-order valence-electron chi connectivity index (χ2n) is 6.33. The van der Waals surface area contributed by atoms with Crippen molar-refractivity contribution in [2.75, 3.05) is 24.3 Å². The summed E-state index contributed by atoms with van der Waals surface area (Å²) >= 11 is 0. The fraction of sp³-hybridized carbons (Fsp3) is 0.250. The van der Waals surface area contributed by atoms with Gasteiger partial charge in [0.15, 0.2) is 0 Å². The van der Waals surface area contributed by atoms with Gasteiger partial charge < -0.3 is 10.2 Å². The quantitative estimate of drug-likeness (QED) is 0.793. The summed E-state index contributed by atoms with van der Waals surface area (Å²) in [5.74, 6) is 0.575. The molecule has 1 N–H and O–H groups in total. The number of anilines is 2. The third-order valence-electron chi connectivity index (χ3n) is 4.15. The number of carbonyl (C=O) groups is 1. The number of aromatic nitrogens is 2. The molecule has 0 aliphatic heterocycles. The smallest absolute Gasteiger partial charge is 0.228 e. The molecule has 0 aliphatic carbocycles. The molecule has 0 fully saturated rings. The molecule has 1 amide bonds. The fourth-order valence-electron chi connectivity index (χ4n) is 2.88. The van der Waals surface area contributed by atoms with Crippen molar-refractivity contribution in [2.45, 2.75) is 20.3 Å². The van der Waals surface area contributed by atoms with Gasteiger partial charge >= 0.3 is 0 Å². The Morgan fingerprint density at radius 1 is 1.00 bits per heavy atom. The van der Waals surface area contributed by atoms with E-state index in [0.717, 1.165) is 27.7 Å². The van der Waals surface area contributed by atoms with Gasteiger partial charge in [0.2, 0.25) is 11.9 Å². The molecule has 3 rings (SSSR count). The van der Waals surface area contributed by atoms with E-state index in [1.165, 1.54) is 0 Å². The molecule has 1 heterocycles. The lowest BCUT2D eigenvalue weighted by Crippen LogP contribution is -2.19. The molecule has 1 aromatic heterocycles. The van der Waals surface area contributed by atoms with Gasteiger partial charge in [-0.2, -0.15) is 0 Å². The first-order valence-electron chi connectivity index (χ1n) is 8.25. The molecule has 2 aromatic carbocycles. The van der Waals surface area contributed by atoms with E-state index in [9.17, 15) is 4.79 Å². The zero-order valence-electron chi connectivity index (χ0n) is 15.0. The lowest BCUT2D eigenvalue weighted by molar-refractivity contribution is -0.115. The first-order chi connectivity index (χ1) is 12.0. The number of aryl methyl sites for hydroxylation is 2. The van der Waals surface area contributed by atoms with Crippen LogP contribution in [0.2, 0.25) is 0 Å². The fourth-order valence-corrected chi connectivity index (χ4v) is 2.88. The summed E-state index contributed by atoms with van der Waals surface area (Å²) in [6.45, 7) is 3.77. The maximum Gasteiger partial charge on any atom is 0.228 e. The number of rotatable bonds is 4. The molecule has 0 atom stereocenters. The maximum absolute atomic E-state index is 12.6. The summed E-state index contributed by atoms with van der Waals surface area (Å²) in [4.78, 5) is 23.3. The van der Waals surface area contributed by atoms with Gasteiger partial charge in [0.25, 0.3) is 0 Å². The van der Waals surface area contributed by atoms with E-state index in [1.54, 1.807) is 0 Å². The summed E-state index contributed by atoms with van der Waals surface area (Å²) in [6.07, 6.45) is 0.315. The lowest BCUT2D eigenvalue weighted by Gasteiger charge is -2.16. The van der Waals surface area contributed by atoms with E-state index in [-0.39, 0.29) is 5.91 Å². The average molecular weight is 334 g/mol. The van der Waals surface area contributed by atoms with E-state index < -0.39 is 0 Å². The van der Waals surface area contributed by atoms with Gasteiger partial charge in [-0.15, -0.1) is 0 Å². The number of nitrogens with one attached hydrogen (secondary N) is 1. The number of benzene rings is 2. The predicted octanol–water partition coefficient (Wildman–Crippen LogP) is 3.49. The van der Waals surface area contributed by atoms with E-state index >= 15 is 0 Å². The Balaban J connectivity index is 1.83. The molecule has 0 saturated heterocycles. The Morgan fingerprint density at radius 3 is 2.32 bits per heavy atom. The number of carbonyl (C=O) groups excluding carboxylic acids is 1. The minimum absolute atomic E-state index is 0.0660. The summed E-state index contributed by atoms with van der Waals surface area (Å²) in [7, 11) is 3.79. The van der Waals surface area contributed by atoms with Crippen molar-refractivity contribution in [2.24, 2.45) is 0 Å². The highest BCUT2D eigenvalue weighted by Crippen LogP contribution is 2.22. The lowest BCUT2D eigenvalue weighted by atomic mass is 10.0. The SMILES string of the molecule is Cc1nc(N(C)C)nc(C)c1NC(=O)Cc1cccc2ccccc12. The minimum atomic E-state index is -0.0660. The van der Waals surface area contributed by atoms with Crippen LogP contribution in [0, 0.1) is 13.8 Å². The van der Waals surface area contributed by atoms with Crippen LogP contribution in [-0.2, 0) is 11.2 Å². The molecule has 0 unspecified atom stereocenters. The monoisotopic (exact) mass is 334 g/mol. The Hall–Kier alpha value is -2.95. The van der Waals surface area contributed by atoms with Crippen molar-refractivity contribution in [3.05, 3.63) is 59.4 Å². The summed E-state index contributed by atoms with van der Waals surface area (Å²) in [5.41, 5.74) is 3.23. The molecule has 25 heavy (non-hydrogen) atoms. The molecular formula is C20H22N4O. The van der Waals surface area contributed by atoms with Crippen molar-refractivity contribution >= 4 is 28.3 Å². The Bertz CT molecular complexity index is 906. The highest BCUT2D eigenvalue weighted by atomic mass is 16.1. The van der Waals surface area contributed by atoms with Gasteiger partial charge in [-0.05, 0) is 30.2 Å². The molecule has 5 heteroatoms. The van der Waals surface area contributed by atoms with Crippen molar-refractivity contribution in [3.8, 4) is 0 Å². The Morgan fingerprint density at radius 2 is 1.64 bits per heavy atom. The Kier molecular flexibility index (Phi) is 4.65. The predicted molar refractivity (Wildman–Crippen MR) is 102 cm³/mol. The molecule has 0 aliphatic rings. The molecular weight excluding hydrogens is 312 g/mol. The largest absolute Gasteiger partial charge is 0.347 e. The second-order valence-corrected chi connectivity index (χ2v) is 6.33. The van der Waals surface area contributed by atoms with E-state index in [2.05, 4.69) is 27.4 Å². The van der Waals surface area contributed by atoms with Gasteiger partial charge in [-0.1, -0.05) is 42.5 Å². The maximum atomic E-state index is 12.6. The van der Waals surface area contributed by atoms with Crippen LogP contribution in [0.25, 0.3) is 10.8 Å². The molecule has 0 saturated carbocycles. The van der Waals surface area contributed by atoms with Crippen LogP contribution >= 0.6 is 0 Å². The third-order valence-corrected chi connectivity index (χ3v) is 4.15. The standard InChI is InChI=1S/C20H22N4O/c1-13-19(14(2)22-20(21-13)24(3)4)23-18(25)12-16-10-7-9-15-8-5-6-11-17(15)16/h5-11H,12H2,1-4H3,(H,23,25). The highest BCUT2D eigenvalue weighted by Gasteiger charge is 2.13. The van der Waals surface area contributed by atoms with Crippen molar-refractivity contribution in [3.63, 3.8) is 0 Å². The number of hydrogen-bond donors (Lipinski definition) is 1. The van der Waals surface area contributed by atoms with Gasteiger partial charge in [0.1, 0.15) is 0 Å². The molecule has 0 bridgehead atoms. The van der Waals surface area contributed by atoms with Gasteiger partial charge in [0, 0.05) is 14.1 Å². The van der Waals surface area contributed by atoms with E-state index in [4.69, 9.17) is 0 Å². The zero-order valence-corrected chi connectivity index (χ0v) is 15.0. The number of nitrogens with zero attached hydrogens (tertiary/aromatic N) is 3. The van der Waals surface area contributed by atoms with Crippen LogP contribution in [0.3, 0.4) is 0 Å². The van der Waals surface area contributed by atoms with Crippen molar-refractivity contribution in [1.82, 2.24) is 9.97 Å². The summed E-state index contributed by atoms with van der Waals surface area (Å²) in [6, 6.07) is 14.1. The molecule has 5 nitrogen and oxygen atoms in total. The highest BCUT2D eigenvalue weighted by molar-refractivity contribution is 5.96. The zero-order chi connectivity index (χ0) is 18.0. The van der Waals surface area contributed by atoms with Crippen LogP contribution in [0.4, 0.5) is 11.6 Å². The van der Waals surface area contributed by atoms with Gasteiger partial charge in [0.05, 0.1) is 23.5 Å². The first kappa shape index (κ1) is 16.9. The topological polar surface area (TPSA) is 58.1 Å². The van der Waals surface area contributed by atoms with E-state index in [0.29, 0.717) is 18.1 Å². The Labute approximate surface area is 147 Å². The average Bonchev–Trinajstić information content (AvgIpc) is 2.58. The van der Waals surface area contributed by atoms with Crippen LogP contribution in [0.15, 0.2) is 42.5 Å². The number of amides is 1. The van der Waals surface area contributed by atoms with Crippen LogP contribution in [0.1, 0.15) is 17.0 Å². The van der Waals surface area contributed by atoms with Crippen molar-refractivity contribution < 1.29 is 4.79 Å². The normalized spacial score (nSPS) is 10.7. The third kappa shape index (κ3) is 3.60. The van der Waals surface area contributed by atoms with Gasteiger partial charge in [-0.25, -0.2) is 9.97 Å². The first-order valence-corrected chi connectivity index (χ1v) is 8.25. The summed E-state index contributed by atoms with van der Waals surface area (Å²) < 4.78 is 0. The second kappa shape index (κ2) is 6.89. The number of hydrogen-bond acceptors (Lipinski definition) is 4. The number of fused-ring (bicyclic) bond motifs is 1. The van der Waals surface area contributed by atoms with E-state index in [1.807, 2.05) is 63.2 Å². The minimum Gasteiger partial charge on any atom is -0.347 e. The van der Waals surface area contributed by atoms with Gasteiger partial charge in [-0.3, -0.25) is 4.79 Å². The molecule has 3 aromatic rings. The molecule has 0 spiro atoms. The van der Waals surface area contributed by atoms with Crippen LogP contribution in [-0.4, -0.2) is 30.0 Å². The van der Waals surface area contributed by atoms with Crippen LogP contribution in [0.5, 0.6) is 0 Å². The molecule has 0 radical (unpaired) electrons. The van der Waals surface area contributed by atoms with Crippen molar-refractivity contribution in [1.29, 1.82) is 0 Å². The van der Waals surface area contributed by atoms with Crippen LogP contribution < -0.4 is 10.2 Å². The molecule has 128 valence electrons.